The Kier molecular flexibility index (Phi) is 6.82. The van der Waals surface area contributed by atoms with Crippen molar-refractivity contribution in [3.63, 3.8) is 0 Å². The van der Waals surface area contributed by atoms with Crippen LogP contribution in [0.1, 0.15) is 35.7 Å². The Morgan fingerprint density at radius 1 is 1.24 bits per heavy atom. The van der Waals surface area contributed by atoms with Crippen LogP contribution in [0.2, 0.25) is 5.02 Å². The Labute approximate surface area is 176 Å². The summed E-state index contributed by atoms with van der Waals surface area (Å²) in [6.07, 6.45) is 2.45. The van der Waals surface area contributed by atoms with Crippen molar-refractivity contribution in [2.45, 2.75) is 31.2 Å². The van der Waals surface area contributed by atoms with Crippen molar-refractivity contribution >= 4 is 33.3 Å². The first kappa shape index (κ1) is 21.6. The third-order valence-corrected chi connectivity index (χ3v) is 6.81. The summed E-state index contributed by atoms with van der Waals surface area (Å²) in [5, 5.41) is 0.137. The average Bonchev–Trinajstić information content (AvgIpc) is 2.72. The molecule has 1 aliphatic heterocycles. The first-order chi connectivity index (χ1) is 13.8. The monoisotopic (exact) mass is 436 g/mol. The van der Waals surface area contributed by atoms with Gasteiger partial charge < -0.3 is 9.64 Å². The molecule has 6 nitrogen and oxygen atoms in total. The number of methoxy groups -OCH3 is 1. The number of anilines is 1. The Bertz CT molecular complexity index is 977. The van der Waals surface area contributed by atoms with Gasteiger partial charge in [0.05, 0.1) is 22.6 Å². The van der Waals surface area contributed by atoms with Crippen LogP contribution in [0.5, 0.6) is 0 Å². The fourth-order valence-corrected chi connectivity index (χ4v) is 4.69. The van der Waals surface area contributed by atoms with E-state index in [2.05, 4.69) is 21.3 Å². The van der Waals surface area contributed by atoms with Crippen molar-refractivity contribution in [1.29, 1.82) is 0 Å². The molecule has 0 spiro atoms. The normalized spacial score (nSPS) is 17.2. The van der Waals surface area contributed by atoms with Crippen molar-refractivity contribution < 1.29 is 17.9 Å². The molecule has 156 valence electrons. The highest BCUT2D eigenvalue weighted by atomic mass is 35.5. The second-order valence-corrected chi connectivity index (χ2v) is 9.49. The quantitative estimate of drug-likeness (QED) is 0.696. The largest absolute Gasteiger partial charge is 0.465 e. The van der Waals surface area contributed by atoms with Gasteiger partial charge in [-0.2, -0.15) is 0 Å². The number of piperidine rings is 1. The fraction of sp³-hybridized carbons (Fsp3) is 0.381. The number of nitrogens with one attached hydrogen (secondary N) is 1. The molecule has 0 saturated carbocycles. The number of carbonyl (C=O) groups excluding carboxylic acids is 1. The number of benzene rings is 2. The summed E-state index contributed by atoms with van der Waals surface area (Å²) < 4.78 is 32.4. The van der Waals surface area contributed by atoms with Crippen molar-refractivity contribution in [3.05, 3.63) is 58.6 Å². The highest BCUT2D eigenvalue weighted by Gasteiger charge is 2.20. The lowest BCUT2D eigenvalue weighted by atomic mass is 9.99. The summed E-state index contributed by atoms with van der Waals surface area (Å²) in [6.45, 7) is 4.51. The van der Waals surface area contributed by atoms with E-state index >= 15 is 0 Å². The Morgan fingerprint density at radius 3 is 2.62 bits per heavy atom. The Balaban J connectivity index is 1.68. The predicted molar refractivity (Wildman–Crippen MR) is 114 cm³/mol. The molecule has 1 saturated heterocycles. The van der Waals surface area contributed by atoms with Gasteiger partial charge in [-0.15, -0.1) is 0 Å². The maximum Gasteiger partial charge on any atom is 0.339 e. The Morgan fingerprint density at radius 2 is 1.97 bits per heavy atom. The van der Waals surface area contributed by atoms with Crippen LogP contribution in [0, 0.1) is 5.92 Å². The van der Waals surface area contributed by atoms with E-state index in [-0.39, 0.29) is 22.0 Å². The van der Waals surface area contributed by atoms with Gasteiger partial charge in [-0.25, -0.2) is 17.9 Å². The Hall–Kier alpha value is -2.09. The second kappa shape index (κ2) is 9.15. The number of sulfonamides is 1. The zero-order valence-corrected chi connectivity index (χ0v) is 18.1. The second-order valence-electron chi connectivity index (χ2n) is 7.32. The summed E-state index contributed by atoms with van der Waals surface area (Å²) in [6, 6.07) is 11.9. The molecular weight excluding hydrogens is 412 g/mol. The molecule has 0 radical (unpaired) electrons. The average molecular weight is 437 g/mol. The van der Waals surface area contributed by atoms with Gasteiger partial charge >= 0.3 is 5.97 Å². The number of halogens is 1. The lowest BCUT2D eigenvalue weighted by Gasteiger charge is -2.32. The van der Waals surface area contributed by atoms with Crippen molar-refractivity contribution in [2.75, 3.05) is 25.1 Å². The summed E-state index contributed by atoms with van der Waals surface area (Å²) in [4.78, 5) is 14.1. The topological polar surface area (TPSA) is 75.7 Å². The number of carbonyl (C=O) groups is 1. The maximum absolute atomic E-state index is 12.6. The van der Waals surface area contributed by atoms with Gasteiger partial charge in [0.15, 0.2) is 0 Å². The smallest absolute Gasteiger partial charge is 0.339 e. The standard InChI is InChI=1S/C21H25ClN2O4S/c1-15-4-3-11-24(14-15)17-7-5-16(6-8-17)13-23-29(26,27)18-9-10-20(22)19(12-18)21(25)28-2/h5-10,12,15,23H,3-4,11,13-14H2,1-2H3. The van der Waals surface area contributed by atoms with Crippen LogP contribution in [-0.4, -0.2) is 34.6 Å². The minimum atomic E-state index is -3.80. The zero-order valence-electron chi connectivity index (χ0n) is 16.5. The lowest BCUT2D eigenvalue weighted by molar-refractivity contribution is 0.0600. The molecule has 29 heavy (non-hydrogen) atoms. The van der Waals surface area contributed by atoms with Gasteiger partial charge in [0, 0.05) is 25.3 Å². The molecule has 0 aromatic heterocycles. The van der Waals surface area contributed by atoms with Crippen molar-refractivity contribution in [1.82, 2.24) is 4.72 Å². The number of rotatable bonds is 6. The molecule has 3 rings (SSSR count). The maximum atomic E-state index is 12.6. The minimum absolute atomic E-state index is 0.0113. The van der Waals surface area contributed by atoms with E-state index in [1.165, 1.54) is 38.2 Å². The van der Waals surface area contributed by atoms with Crippen molar-refractivity contribution in [3.8, 4) is 0 Å². The summed E-state index contributed by atoms with van der Waals surface area (Å²) in [5.41, 5.74) is 2.02. The molecule has 1 aliphatic rings. The van der Waals surface area contributed by atoms with E-state index in [1.807, 2.05) is 24.3 Å². The number of ether oxygens (including phenoxy) is 1. The molecule has 1 heterocycles. The molecule has 8 heteroatoms. The molecule has 0 aliphatic carbocycles. The highest BCUT2D eigenvalue weighted by Crippen LogP contribution is 2.24. The number of hydrogen-bond donors (Lipinski definition) is 1. The van der Waals surface area contributed by atoms with E-state index in [4.69, 9.17) is 11.6 Å². The van der Waals surface area contributed by atoms with Crippen LogP contribution in [0.3, 0.4) is 0 Å². The predicted octanol–water partition coefficient (Wildman–Crippen LogP) is 3.84. The molecule has 1 fully saturated rings. The van der Waals surface area contributed by atoms with Crippen LogP contribution in [0.25, 0.3) is 0 Å². The first-order valence-electron chi connectivity index (χ1n) is 9.51. The number of hydrogen-bond acceptors (Lipinski definition) is 5. The van der Waals surface area contributed by atoms with E-state index in [0.717, 1.165) is 24.3 Å². The first-order valence-corrected chi connectivity index (χ1v) is 11.4. The van der Waals surface area contributed by atoms with Crippen LogP contribution < -0.4 is 9.62 Å². The van der Waals surface area contributed by atoms with Gasteiger partial charge in [0.1, 0.15) is 0 Å². The molecule has 1 atom stereocenters. The summed E-state index contributed by atoms with van der Waals surface area (Å²) in [5.74, 6) is -0.000775. The van der Waals surface area contributed by atoms with Crippen molar-refractivity contribution in [2.24, 2.45) is 5.92 Å². The number of nitrogens with zero attached hydrogens (tertiary/aromatic N) is 1. The van der Waals surface area contributed by atoms with E-state index in [1.54, 1.807) is 0 Å². The SMILES string of the molecule is COC(=O)c1cc(S(=O)(=O)NCc2ccc(N3CCCC(C)C3)cc2)ccc1Cl. The van der Waals surface area contributed by atoms with Gasteiger partial charge in [-0.3, -0.25) is 0 Å². The molecule has 0 amide bonds. The van der Waals surface area contributed by atoms with Crippen LogP contribution in [0.4, 0.5) is 5.69 Å². The molecule has 1 N–H and O–H groups in total. The lowest BCUT2D eigenvalue weighted by Crippen LogP contribution is -2.34. The van der Waals surface area contributed by atoms with Gasteiger partial charge in [-0.05, 0) is 54.7 Å². The van der Waals surface area contributed by atoms with Gasteiger partial charge in [0.2, 0.25) is 10.0 Å². The highest BCUT2D eigenvalue weighted by molar-refractivity contribution is 7.89. The van der Waals surface area contributed by atoms with E-state index in [0.29, 0.717) is 5.92 Å². The van der Waals surface area contributed by atoms with E-state index in [9.17, 15) is 13.2 Å². The molecule has 0 bridgehead atoms. The third kappa shape index (κ3) is 5.29. The molecular formula is C21H25ClN2O4S. The minimum Gasteiger partial charge on any atom is -0.465 e. The van der Waals surface area contributed by atoms with Crippen LogP contribution in [0.15, 0.2) is 47.4 Å². The zero-order chi connectivity index (χ0) is 21.0. The molecule has 1 unspecified atom stereocenters. The summed E-state index contributed by atoms with van der Waals surface area (Å²) >= 11 is 5.96. The van der Waals surface area contributed by atoms with Crippen LogP contribution >= 0.6 is 11.6 Å². The van der Waals surface area contributed by atoms with Crippen LogP contribution in [-0.2, 0) is 21.3 Å². The summed E-state index contributed by atoms with van der Waals surface area (Å²) in [7, 11) is -2.59. The molecule has 2 aromatic carbocycles. The van der Waals surface area contributed by atoms with Gasteiger partial charge in [-0.1, -0.05) is 30.7 Å². The van der Waals surface area contributed by atoms with Gasteiger partial charge in [0.25, 0.3) is 0 Å². The third-order valence-electron chi connectivity index (χ3n) is 5.08. The van der Waals surface area contributed by atoms with E-state index < -0.39 is 16.0 Å². The molecule has 2 aromatic rings. The number of esters is 1. The fourth-order valence-electron chi connectivity index (χ4n) is 3.45.